The van der Waals surface area contributed by atoms with Gasteiger partial charge in [-0.15, -0.1) is 0 Å². The quantitative estimate of drug-likeness (QED) is 0.683. The van der Waals surface area contributed by atoms with Crippen molar-refractivity contribution in [1.82, 2.24) is 0 Å². The maximum Gasteiger partial charge on any atom is 0.202 e. The Kier molecular flexibility index (Phi) is 2.33. The lowest BCUT2D eigenvalue weighted by molar-refractivity contribution is -0.104. The van der Waals surface area contributed by atoms with Gasteiger partial charge in [0.1, 0.15) is 11.6 Å². The highest BCUT2D eigenvalue weighted by Crippen LogP contribution is 2.16. The van der Waals surface area contributed by atoms with Gasteiger partial charge in [0.25, 0.3) is 0 Å². The van der Waals surface area contributed by atoms with Crippen LogP contribution in [0.2, 0.25) is 0 Å². The van der Waals surface area contributed by atoms with Gasteiger partial charge in [0, 0.05) is 26.0 Å². The van der Waals surface area contributed by atoms with E-state index in [0.717, 1.165) is 6.07 Å². The Labute approximate surface area is 70.6 Å². The van der Waals surface area contributed by atoms with Gasteiger partial charge in [-0.25, -0.2) is 4.39 Å². The molecule has 0 atom stereocenters. The Balaban J connectivity index is 2.77. The second-order valence-corrected chi connectivity index (χ2v) is 2.92. The summed E-state index contributed by atoms with van der Waals surface area (Å²) >= 11 is 0. The molecule has 3 heteroatoms. The topological polar surface area (TPSA) is 29.5 Å². The molecule has 1 N–H and O–H groups in total. The van der Waals surface area contributed by atoms with Crippen molar-refractivity contribution >= 4 is 0 Å². The Morgan fingerprint density at radius 1 is 1.58 bits per heavy atom. The molecular weight excluding hydrogens is 159 g/mol. The zero-order valence-corrected chi connectivity index (χ0v) is 6.97. The Hall–Kier alpha value is -1.09. The number of hydrogen-bond donors (Lipinski definition) is 1. The largest absolute Gasteiger partial charge is 0.463 e. The number of halogens is 1. The normalized spacial score (nSPS) is 11.3. The summed E-state index contributed by atoms with van der Waals surface area (Å²) in [4.78, 5) is 0. The minimum Gasteiger partial charge on any atom is -0.463 e. The molecule has 0 fully saturated rings. The fraction of sp³-hybridized carbons (Fsp3) is 0.333. The molecule has 1 aromatic carbocycles. The van der Waals surface area contributed by atoms with Crippen LogP contribution in [0.25, 0.3) is 0 Å². The summed E-state index contributed by atoms with van der Waals surface area (Å²) in [7, 11) is 0. The van der Waals surface area contributed by atoms with Crippen molar-refractivity contribution in [2.24, 2.45) is 0 Å². The second kappa shape index (κ2) is 3.11. The molecule has 0 saturated heterocycles. The second-order valence-electron chi connectivity index (χ2n) is 2.92. The summed E-state index contributed by atoms with van der Waals surface area (Å²) in [5.41, 5.74) is 0. The lowest BCUT2D eigenvalue weighted by Gasteiger charge is -2.19. The SMILES string of the molecule is CC(C)(O)Oc1cc[c]c(F)c1. The van der Waals surface area contributed by atoms with Crippen molar-refractivity contribution in [2.75, 3.05) is 0 Å². The molecule has 0 spiro atoms. The number of benzene rings is 1. The van der Waals surface area contributed by atoms with Gasteiger partial charge in [-0.1, -0.05) is 0 Å². The standard InChI is InChI=1S/C9H10FO2/c1-9(2,11)12-8-5-3-4-7(10)6-8/h3,5-6,11H,1-2H3. The van der Waals surface area contributed by atoms with Gasteiger partial charge >= 0.3 is 0 Å². The monoisotopic (exact) mass is 169 g/mol. The van der Waals surface area contributed by atoms with E-state index in [1.807, 2.05) is 0 Å². The van der Waals surface area contributed by atoms with Crippen LogP contribution in [-0.4, -0.2) is 10.9 Å². The molecule has 0 bridgehead atoms. The van der Waals surface area contributed by atoms with E-state index in [-0.39, 0.29) is 0 Å². The van der Waals surface area contributed by atoms with E-state index < -0.39 is 11.6 Å². The van der Waals surface area contributed by atoms with Gasteiger partial charge in [0.2, 0.25) is 5.79 Å². The van der Waals surface area contributed by atoms with E-state index in [9.17, 15) is 9.50 Å². The fourth-order valence-corrected chi connectivity index (χ4v) is 0.770. The Morgan fingerprint density at radius 2 is 2.25 bits per heavy atom. The van der Waals surface area contributed by atoms with Crippen LogP contribution in [0.4, 0.5) is 4.39 Å². The molecule has 0 amide bonds. The molecule has 12 heavy (non-hydrogen) atoms. The molecule has 0 aromatic heterocycles. The van der Waals surface area contributed by atoms with Gasteiger partial charge < -0.3 is 9.84 Å². The van der Waals surface area contributed by atoms with Crippen molar-refractivity contribution in [3.8, 4) is 5.75 Å². The first kappa shape index (κ1) is 9.00. The average Bonchev–Trinajstić information content (AvgIpc) is 1.82. The maximum atomic E-state index is 12.5. The summed E-state index contributed by atoms with van der Waals surface area (Å²) in [5, 5.41) is 9.21. The summed E-state index contributed by atoms with van der Waals surface area (Å²) in [6.45, 7) is 2.95. The number of hydrogen-bond acceptors (Lipinski definition) is 2. The Bertz CT molecular complexity index is 265. The number of ether oxygens (including phenoxy) is 1. The third kappa shape index (κ3) is 2.88. The van der Waals surface area contributed by atoms with Gasteiger partial charge in [-0.3, -0.25) is 0 Å². The van der Waals surface area contributed by atoms with E-state index in [4.69, 9.17) is 4.74 Å². The maximum absolute atomic E-state index is 12.5. The lowest BCUT2D eigenvalue weighted by atomic mass is 10.3. The van der Waals surface area contributed by atoms with Gasteiger partial charge in [0.05, 0.1) is 0 Å². The predicted molar refractivity (Wildman–Crippen MR) is 42.2 cm³/mol. The summed E-state index contributed by atoms with van der Waals surface area (Å²) in [6.07, 6.45) is 0. The predicted octanol–water partition coefficient (Wildman–Crippen LogP) is 1.73. The zero-order chi connectivity index (χ0) is 9.19. The number of aliphatic hydroxyl groups is 1. The minimum absolute atomic E-state index is 0.291. The van der Waals surface area contributed by atoms with Crippen molar-refractivity contribution in [3.63, 3.8) is 0 Å². The molecule has 1 radical (unpaired) electrons. The highest BCUT2D eigenvalue weighted by molar-refractivity contribution is 5.22. The molecule has 1 rings (SSSR count). The highest BCUT2D eigenvalue weighted by atomic mass is 19.1. The van der Waals surface area contributed by atoms with Crippen molar-refractivity contribution in [2.45, 2.75) is 19.6 Å². The third-order valence-electron chi connectivity index (χ3n) is 1.11. The van der Waals surface area contributed by atoms with E-state index in [1.54, 1.807) is 0 Å². The van der Waals surface area contributed by atoms with Gasteiger partial charge in [-0.05, 0) is 12.1 Å². The molecule has 0 saturated carbocycles. The summed E-state index contributed by atoms with van der Waals surface area (Å²) in [6, 6.07) is 6.42. The molecule has 65 valence electrons. The van der Waals surface area contributed by atoms with Crippen molar-refractivity contribution in [1.29, 1.82) is 0 Å². The molecular formula is C9H10FO2. The van der Waals surface area contributed by atoms with E-state index in [2.05, 4.69) is 6.07 Å². The van der Waals surface area contributed by atoms with Crippen LogP contribution in [0.1, 0.15) is 13.8 Å². The fourth-order valence-electron chi connectivity index (χ4n) is 0.770. The zero-order valence-electron chi connectivity index (χ0n) is 6.97. The van der Waals surface area contributed by atoms with Crippen molar-refractivity contribution in [3.05, 3.63) is 30.1 Å². The van der Waals surface area contributed by atoms with E-state index in [0.29, 0.717) is 5.75 Å². The summed E-state index contributed by atoms with van der Waals surface area (Å²) in [5.74, 6) is -1.50. The molecule has 0 heterocycles. The van der Waals surface area contributed by atoms with Crippen molar-refractivity contribution < 1.29 is 14.2 Å². The lowest BCUT2D eigenvalue weighted by Crippen LogP contribution is -2.26. The molecule has 0 aliphatic rings. The first-order valence-electron chi connectivity index (χ1n) is 3.56. The van der Waals surface area contributed by atoms with Crippen LogP contribution in [0, 0.1) is 11.9 Å². The van der Waals surface area contributed by atoms with Crippen LogP contribution >= 0.6 is 0 Å². The molecule has 0 aliphatic carbocycles. The van der Waals surface area contributed by atoms with Crippen LogP contribution in [0.3, 0.4) is 0 Å². The first-order chi connectivity index (χ1) is 5.47. The molecule has 0 unspecified atom stereocenters. The smallest absolute Gasteiger partial charge is 0.202 e. The Morgan fingerprint density at radius 3 is 2.75 bits per heavy atom. The first-order valence-corrected chi connectivity index (χ1v) is 3.56. The summed E-state index contributed by atoms with van der Waals surface area (Å²) < 4.78 is 17.5. The van der Waals surface area contributed by atoms with Crippen LogP contribution in [0.15, 0.2) is 18.2 Å². The van der Waals surface area contributed by atoms with Gasteiger partial charge in [-0.2, -0.15) is 0 Å². The minimum atomic E-state index is -1.28. The van der Waals surface area contributed by atoms with E-state index >= 15 is 0 Å². The molecule has 2 nitrogen and oxygen atoms in total. The van der Waals surface area contributed by atoms with Crippen LogP contribution < -0.4 is 4.74 Å². The van der Waals surface area contributed by atoms with E-state index in [1.165, 1.54) is 26.0 Å². The average molecular weight is 169 g/mol. The highest BCUT2D eigenvalue weighted by Gasteiger charge is 2.13. The molecule has 0 aliphatic heterocycles. The molecule has 1 aromatic rings. The third-order valence-corrected chi connectivity index (χ3v) is 1.11. The van der Waals surface area contributed by atoms with Crippen LogP contribution in [0.5, 0.6) is 5.75 Å². The van der Waals surface area contributed by atoms with Crippen LogP contribution in [-0.2, 0) is 0 Å². The number of rotatable bonds is 2. The van der Waals surface area contributed by atoms with Gasteiger partial charge in [0.15, 0.2) is 0 Å².